The van der Waals surface area contributed by atoms with E-state index in [1.54, 1.807) is 23.7 Å². The minimum Gasteiger partial charge on any atom is -0.382 e. The molecule has 4 heteroatoms. The highest BCUT2D eigenvalue weighted by Crippen LogP contribution is 2.25. The predicted octanol–water partition coefficient (Wildman–Crippen LogP) is 2.10. The highest BCUT2D eigenvalue weighted by molar-refractivity contribution is 7.10. The van der Waals surface area contributed by atoms with E-state index in [0.717, 1.165) is 11.3 Å². The number of nitrogens with zero attached hydrogens (tertiary/aromatic N) is 2. The minimum atomic E-state index is 0.486. The summed E-state index contributed by atoms with van der Waals surface area (Å²) in [5, 5.41) is 2.04. The van der Waals surface area contributed by atoms with Crippen molar-refractivity contribution in [3.63, 3.8) is 0 Å². The van der Waals surface area contributed by atoms with Crippen LogP contribution in [0, 0.1) is 6.92 Å². The molecule has 2 rings (SSSR count). The van der Waals surface area contributed by atoms with Crippen molar-refractivity contribution in [3.05, 3.63) is 28.7 Å². The molecule has 2 aromatic rings. The van der Waals surface area contributed by atoms with Gasteiger partial charge in [-0.2, -0.15) is 0 Å². The minimum absolute atomic E-state index is 0.486. The van der Waals surface area contributed by atoms with E-state index in [9.17, 15) is 0 Å². The molecule has 0 bridgehead atoms. The Bertz CT molecular complexity index is 422. The molecule has 3 nitrogen and oxygen atoms in total. The summed E-state index contributed by atoms with van der Waals surface area (Å²) < 4.78 is 0. The van der Waals surface area contributed by atoms with E-state index in [4.69, 9.17) is 5.73 Å². The van der Waals surface area contributed by atoms with E-state index >= 15 is 0 Å². The largest absolute Gasteiger partial charge is 0.382 e. The molecule has 0 aliphatic rings. The molecule has 0 aliphatic heterocycles. The second-order valence-electron chi connectivity index (χ2n) is 2.74. The zero-order valence-electron chi connectivity index (χ0n) is 7.19. The molecule has 0 saturated heterocycles. The van der Waals surface area contributed by atoms with Gasteiger partial charge < -0.3 is 5.73 Å². The molecular weight excluding hydrogens is 182 g/mol. The molecule has 2 N–H and O–H groups in total. The molecule has 13 heavy (non-hydrogen) atoms. The van der Waals surface area contributed by atoms with Gasteiger partial charge in [-0.05, 0) is 13.0 Å². The van der Waals surface area contributed by atoms with Crippen LogP contribution < -0.4 is 5.73 Å². The van der Waals surface area contributed by atoms with Crippen LogP contribution in [0.25, 0.3) is 11.3 Å². The molecular formula is C9H9N3S. The third-order valence-corrected chi connectivity index (χ3v) is 2.59. The maximum absolute atomic E-state index is 5.69. The molecule has 0 radical (unpaired) electrons. The molecule has 0 unspecified atom stereocenters. The highest BCUT2D eigenvalue weighted by Gasteiger charge is 2.05. The monoisotopic (exact) mass is 191 g/mol. The average Bonchev–Trinajstić information content (AvgIpc) is 2.53. The van der Waals surface area contributed by atoms with Gasteiger partial charge in [0.25, 0.3) is 0 Å². The lowest BCUT2D eigenvalue weighted by Gasteiger charge is -1.98. The zero-order chi connectivity index (χ0) is 9.26. The molecule has 0 atom stereocenters. The van der Waals surface area contributed by atoms with E-state index in [2.05, 4.69) is 23.0 Å². The van der Waals surface area contributed by atoms with Crippen LogP contribution in [0.4, 0.5) is 5.82 Å². The summed E-state index contributed by atoms with van der Waals surface area (Å²) in [6.07, 6.45) is 3.25. The van der Waals surface area contributed by atoms with Gasteiger partial charge in [0.15, 0.2) is 0 Å². The Morgan fingerprint density at radius 3 is 2.69 bits per heavy atom. The van der Waals surface area contributed by atoms with Gasteiger partial charge in [0.2, 0.25) is 0 Å². The fourth-order valence-electron chi connectivity index (χ4n) is 1.14. The maximum Gasteiger partial charge on any atom is 0.150 e. The lowest BCUT2D eigenvalue weighted by molar-refractivity contribution is 1.22. The van der Waals surface area contributed by atoms with Gasteiger partial charge in [-0.25, -0.2) is 4.98 Å². The Hall–Kier alpha value is -1.42. The van der Waals surface area contributed by atoms with Crippen LogP contribution in [0.5, 0.6) is 0 Å². The molecule has 0 amide bonds. The Labute approximate surface area is 80.3 Å². The number of anilines is 1. The Kier molecular flexibility index (Phi) is 1.98. The normalized spacial score (nSPS) is 10.2. The van der Waals surface area contributed by atoms with Crippen molar-refractivity contribution >= 4 is 17.2 Å². The molecule has 66 valence electrons. The average molecular weight is 191 g/mol. The van der Waals surface area contributed by atoms with Crippen molar-refractivity contribution < 1.29 is 0 Å². The molecule has 0 aliphatic carbocycles. The zero-order valence-corrected chi connectivity index (χ0v) is 8.01. The fraction of sp³-hybridized carbons (Fsp3) is 0.111. The second kappa shape index (κ2) is 3.14. The Balaban J connectivity index is 2.52. The number of aryl methyl sites for hydroxylation is 1. The van der Waals surface area contributed by atoms with Crippen LogP contribution in [0.1, 0.15) is 4.88 Å². The molecule has 2 heterocycles. The Morgan fingerprint density at radius 1 is 1.31 bits per heavy atom. The van der Waals surface area contributed by atoms with Gasteiger partial charge in [-0.1, -0.05) is 0 Å². The van der Waals surface area contributed by atoms with E-state index in [-0.39, 0.29) is 0 Å². The number of thiophene rings is 1. The summed E-state index contributed by atoms with van der Waals surface area (Å²) in [6, 6.07) is 2.06. The number of rotatable bonds is 1. The van der Waals surface area contributed by atoms with E-state index in [0.29, 0.717) is 5.82 Å². The molecule has 0 saturated carbocycles. The van der Waals surface area contributed by atoms with Crippen molar-refractivity contribution in [1.82, 2.24) is 9.97 Å². The topological polar surface area (TPSA) is 51.8 Å². The predicted molar refractivity (Wildman–Crippen MR) is 54.5 cm³/mol. The third kappa shape index (κ3) is 1.53. The van der Waals surface area contributed by atoms with E-state index in [1.165, 1.54) is 4.88 Å². The van der Waals surface area contributed by atoms with Crippen LogP contribution in [0.3, 0.4) is 0 Å². The van der Waals surface area contributed by atoms with Crippen LogP contribution in [0.15, 0.2) is 23.8 Å². The number of hydrogen-bond donors (Lipinski definition) is 1. The summed E-state index contributed by atoms with van der Waals surface area (Å²) in [4.78, 5) is 9.42. The van der Waals surface area contributed by atoms with Crippen LogP contribution >= 0.6 is 11.3 Å². The SMILES string of the molecule is Cc1cc(-c2nccnc2N)cs1. The van der Waals surface area contributed by atoms with Crippen LogP contribution in [-0.2, 0) is 0 Å². The highest BCUT2D eigenvalue weighted by atomic mass is 32.1. The van der Waals surface area contributed by atoms with Crippen molar-refractivity contribution in [1.29, 1.82) is 0 Å². The number of aromatic nitrogens is 2. The molecule has 2 aromatic heterocycles. The van der Waals surface area contributed by atoms with E-state index < -0.39 is 0 Å². The molecule has 0 aromatic carbocycles. The van der Waals surface area contributed by atoms with Crippen molar-refractivity contribution in [3.8, 4) is 11.3 Å². The van der Waals surface area contributed by atoms with Gasteiger partial charge in [0.05, 0.1) is 0 Å². The van der Waals surface area contributed by atoms with Crippen molar-refractivity contribution in [2.24, 2.45) is 0 Å². The molecule has 0 spiro atoms. The molecule has 0 fully saturated rings. The van der Waals surface area contributed by atoms with Crippen molar-refractivity contribution in [2.45, 2.75) is 6.92 Å². The summed E-state index contributed by atoms with van der Waals surface area (Å²) in [6.45, 7) is 2.06. The maximum atomic E-state index is 5.69. The first-order valence-electron chi connectivity index (χ1n) is 3.89. The van der Waals surface area contributed by atoms with Crippen LogP contribution in [0.2, 0.25) is 0 Å². The smallest absolute Gasteiger partial charge is 0.150 e. The first-order valence-corrected chi connectivity index (χ1v) is 4.77. The lowest BCUT2D eigenvalue weighted by Crippen LogP contribution is -1.94. The lowest BCUT2D eigenvalue weighted by atomic mass is 10.2. The first-order chi connectivity index (χ1) is 6.27. The summed E-state index contributed by atoms with van der Waals surface area (Å²) in [5.74, 6) is 0.486. The van der Waals surface area contributed by atoms with Gasteiger partial charge >= 0.3 is 0 Å². The van der Waals surface area contributed by atoms with Gasteiger partial charge in [-0.15, -0.1) is 11.3 Å². The number of hydrogen-bond acceptors (Lipinski definition) is 4. The number of nitrogens with two attached hydrogens (primary N) is 1. The van der Waals surface area contributed by atoms with Gasteiger partial charge in [-0.3, -0.25) is 4.98 Å². The van der Waals surface area contributed by atoms with Crippen LogP contribution in [-0.4, -0.2) is 9.97 Å². The number of nitrogen functional groups attached to an aromatic ring is 1. The summed E-state index contributed by atoms with van der Waals surface area (Å²) in [7, 11) is 0. The summed E-state index contributed by atoms with van der Waals surface area (Å²) >= 11 is 1.68. The van der Waals surface area contributed by atoms with Gasteiger partial charge in [0, 0.05) is 28.2 Å². The second-order valence-corrected chi connectivity index (χ2v) is 3.85. The van der Waals surface area contributed by atoms with Crippen molar-refractivity contribution in [2.75, 3.05) is 5.73 Å². The first kappa shape index (κ1) is 8.19. The fourth-order valence-corrected chi connectivity index (χ4v) is 1.83. The van der Waals surface area contributed by atoms with Gasteiger partial charge in [0.1, 0.15) is 11.5 Å². The van der Waals surface area contributed by atoms with E-state index in [1.807, 2.05) is 5.38 Å². The third-order valence-electron chi connectivity index (χ3n) is 1.73. The quantitative estimate of drug-likeness (QED) is 0.751. The summed E-state index contributed by atoms with van der Waals surface area (Å²) in [5.41, 5.74) is 7.51. The Morgan fingerprint density at radius 2 is 2.08 bits per heavy atom. The standard InChI is InChI=1S/C9H9N3S/c1-6-4-7(5-13-6)8-9(10)12-3-2-11-8/h2-5H,1H3,(H2,10,12).